The molecule has 0 saturated heterocycles. The number of hydrogen-bond donors (Lipinski definition) is 2. The van der Waals surface area contributed by atoms with Crippen molar-refractivity contribution >= 4 is 11.6 Å². The lowest BCUT2D eigenvalue weighted by Crippen LogP contribution is -2.42. The Hall–Kier alpha value is -2.55. The largest absolute Gasteiger partial charge is 0.502 e. The Labute approximate surface area is 104 Å². The molecule has 1 aromatic rings. The van der Waals surface area contributed by atoms with Crippen LogP contribution in [0.5, 0.6) is 5.75 Å². The zero-order valence-electron chi connectivity index (χ0n) is 9.93. The molecule has 0 aliphatic heterocycles. The molecule has 0 radical (unpaired) electrons. The number of nitrogens with zero attached hydrogens (tertiary/aromatic N) is 1. The molecule has 2 N–H and O–H groups in total. The molecule has 0 bridgehead atoms. The van der Waals surface area contributed by atoms with E-state index in [9.17, 15) is 20.0 Å². The van der Waals surface area contributed by atoms with Crippen LogP contribution in [0.3, 0.4) is 0 Å². The number of benzene rings is 1. The zero-order chi connectivity index (χ0) is 13.9. The first-order chi connectivity index (χ1) is 8.28. The minimum absolute atomic E-state index is 0.187. The van der Waals surface area contributed by atoms with Crippen molar-refractivity contribution in [2.75, 3.05) is 0 Å². The molecule has 0 aromatic heterocycles. The summed E-state index contributed by atoms with van der Waals surface area (Å²) in [6.07, 6.45) is 5.21. The van der Waals surface area contributed by atoms with E-state index in [0.29, 0.717) is 0 Å². The van der Waals surface area contributed by atoms with Gasteiger partial charge in [-0.2, -0.15) is 0 Å². The van der Waals surface area contributed by atoms with E-state index in [1.807, 2.05) is 0 Å². The van der Waals surface area contributed by atoms with Gasteiger partial charge in [0.2, 0.25) is 5.75 Å². The lowest BCUT2D eigenvalue weighted by Gasteiger charge is -2.19. The Kier molecular flexibility index (Phi) is 3.57. The Balaban J connectivity index is 3.13. The summed E-state index contributed by atoms with van der Waals surface area (Å²) in [5.41, 5.74) is -1.62. The summed E-state index contributed by atoms with van der Waals surface area (Å²) >= 11 is 0. The standard InChI is InChI=1S/C12H12N2O4/c1-4-12(2,3)13-11(16)8-6-5-7-9(10(8)15)14(17)18/h1,5-7,15H,2-3H3,(H,13,16). The Morgan fingerprint density at radius 1 is 1.56 bits per heavy atom. The van der Waals surface area contributed by atoms with E-state index in [1.165, 1.54) is 12.1 Å². The zero-order valence-corrected chi connectivity index (χ0v) is 9.93. The number of amides is 1. The monoisotopic (exact) mass is 248 g/mol. The summed E-state index contributed by atoms with van der Waals surface area (Å²) in [5, 5.41) is 22.7. The van der Waals surface area contributed by atoms with Crippen LogP contribution in [0, 0.1) is 22.5 Å². The molecular weight excluding hydrogens is 236 g/mol. The average molecular weight is 248 g/mol. The van der Waals surface area contributed by atoms with E-state index in [0.717, 1.165) is 6.07 Å². The van der Waals surface area contributed by atoms with Gasteiger partial charge in [-0.3, -0.25) is 14.9 Å². The Morgan fingerprint density at radius 3 is 2.67 bits per heavy atom. The number of rotatable bonds is 3. The third kappa shape index (κ3) is 2.77. The highest BCUT2D eigenvalue weighted by molar-refractivity contribution is 5.98. The van der Waals surface area contributed by atoms with E-state index in [2.05, 4.69) is 11.2 Å². The molecule has 1 rings (SSSR count). The number of carbonyl (C=O) groups excluding carboxylic acids is 1. The van der Waals surface area contributed by atoms with Crippen LogP contribution in [0.1, 0.15) is 24.2 Å². The van der Waals surface area contributed by atoms with Crippen molar-refractivity contribution in [1.82, 2.24) is 5.32 Å². The van der Waals surface area contributed by atoms with Gasteiger partial charge in [0.25, 0.3) is 5.91 Å². The number of carbonyl (C=O) groups is 1. The van der Waals surface area contributed by atoms with Crippen LogP contribution in [0.2, 0.25) is 0 Å². The number of para-hydroxylation sites is 1. The van der Waals surface area contributed by atoms with Gasteiger partial charge in [-0.05, 0) is 19.9 Å². The van der Waals surface area contributed by atoms with Crippen molar-refractivity contribution in [3.8, 4) is 18.1 Å². The van der Waals surface area contributed by atoms with E-state index in [-0.39, 0.29) is 5.56 Å². The molecule has 0 atom stereocenters. The summed E-state index contributed by atoms with van der Waals surface area (Å²) < 4.78 is 0. The molecule has 0 spiro atoms. The average Bonchev–Trinajstić information content (AvgIpc) is 2.28. The Bertz CT molecular complexity index is 543. The van der Waals surface area contributed by atoms with Gasteiger partial charge in [0.1, 0.15) is 0 Å². The van der Waals surface area contributed by atoms with Crippen molar-refractivity contribution in [3.63, 3.8) is 0 Å². The second kappa shape index (κ2) is 4.75. The first kappa shape index (κ1) is 13.5. The molecular formula is C12H12N2O4. The normalized spacial score (nSPS) is 10.5. The van der Waals surface area contributed by atoms with Crippen LogP contribution in [0.15, 0.2) is 18.2 Å². The maximum Gasteiger partial charge on any atom is 0.311 e. The number of aromatic hydroxyl groups is 1. The molecule has 18 heavy (non-hydrogen) atoms. The highest BCUT2D eigenvalue weighted by Gasteiger charge is 2.24. The highest BCUT2D eigenvalue weighted by Crippen LogP contribution is 2.29. The second-order valence-corrected chi connectivity index (χ2v) is 4.15. The number of phenols is 1. The fourth-order valence-corrected chi connectivity index (χ4v) is 1.25. The highest BCUT2D eigenvalue weighted by atomic mass is 16.6. The van der Waals surface area contributed by atoms with E-state index >= 15 is 0 Å². The number of phenolic OH excluding ortho intramolecular Hbond substituents is 1. The molecule has 1 amide bonds. The van der Waals surface area contributed by atoms with Crippen LogP contribution in [-0.4, -0.2) is 21.5 Å². The number of hydrogen-bond acceptors (Lipinski definition) is 4. The van der Waals surface area contributed by atoms with Gasteiger partial charge in [0.15, 0.2) is 0 Å². The SMILES string of the molecule is C#CC(C)(C)NC(=O)c1cccc([N+](=O)[O-])c1O. The van der Waals surface area contributed by atoms with Gasteiger partial charge in [0.05, 0.1) is 16.0 Å². The van der Waals surface area contributed by atoms with Crippen LogP contribution in [-0.2, 0) is 0 Å². The van der Waals surface area contributed by atoms with Crippen molar-refractivity contribution < 1.29 is 14.8 Å². The van der Waals surface area contributed by atoms with Crippen LogP contribution in [0.25, 0.3) is 0 Å². The van der Waals surface area contributed by atoms with Crippen LogP contribution >= 0.6 is 0 Å². The maximum absolute atomic E-state index is 11.8. The molecule has 1 aromatic carbocycles. The molecule has 0 aliphatic carbocycles. The topological polar surface area (TPSA) is 92.5 Å². The predicted molar refractivity (Wildman–Crippen MR) is 65.1 cm³/mol. The van der Waals surface area contributed by atoms with Crippen LogP contribution < -0.4 is 5.32 Å². The quantitative estimate of drug-likeness (QED) is 0.481. The van der Waals surface area contributed by atoms with Crippen molar-refractivity contribution in [2.45, 2.75) is 19.4 Å². The summed E-state index contributed by atoms with van der Waals surface area (Å²) in [7, 11) is 0. The first-order valence-electron chi connectivity index (χ1n) is 5.05. The lowest BCUT2D eigenvalue weighted by molar-refractivity contribution is -0.385. The molecule has 0 fully saturated rings. The van der Waals surface area contributed by atoms with E-state index < -0.39 is 27.8 Å². The smallest absolute Gasteiger partial charge is 0.311 e. The summed E-state index contributed by atoms with van der Waals surface area (Å²) in [5.74, 6) is 1.01. The van der Waals surface area contributed by atoms with Crippen molar-refractivity contribution in [1.29, 1.82) is 0 Å². The van der Waals surface area contributed by atoms with E-state index in [1.54, 1.807) is 13.8 Å². The number of terminal acetylenes is 1. The van der Waals surface area contributed by atoms with Crippen molar-refractivity contribution in [2.24, 2.45) is 0 Å². The number of nitrogens with one attached hydrogen (secondary N) is 1. The molecule has 6 nitrogen and oxygen atoms in total. The second-order valence-electron chi connectivity index (χ2n) is 4.15. The van der Waals surface area contributed by atoms with Gasteiger partial charge in [-0.25, -0.2) is 0 Å². The van der Waals surface area contributed by atoms with E-state index in [4.69, 9.17) is 6.42 Å². The van der Waals surface area contributed by atoms with Crippen molar-refractivity contribution in [3.05, 3.63) is 33.9 Å². The lowest BCUT2D eigenvalue weighted by atomic mass is 10.1. The number of nitro groups is 1. The summed E-state index contributed by atoms with van der Waals surface area (Å²) in [6.45, 7) is 3.19. The van der Waals surface area contributed by atoms with Crippen LogP contribution in [0.4, 0.5) is 5.69 Å². The summed E-state index contributed by atoms with van der Waals surface area (Å²) in [4.78, 5) is 21.7. The van der Waals surface area contributed by atoms with Gasteiger partial charge >= 0.3 is 5.69 Å². The third-order valence-corrected chi connectivity index (χ3v) is 2.24. The molecule has 0 unspecified atom stereocenters. The third-order valence-electron chi connectivity index (χ3n) is 2.24. The van der Waals surface area contributed by atoms with Gasteiger partial charge in [-0.1, -0.05) is 12.0 Å². The maximum atomic E-state index is 11.8. The minimum Gasteiger partial charge on any atom is -0.502 e. The summed E-state index contributed by atoms with van der Waals surface area (Å²) in [6, 6.07) is 3.71. The fourth-order valence-electron chi connectivity index (χ4n) is 1.25. The molecule has 6 heteroatoms. The Morgan fingerprint density at radius 2 is 2.17 bits per heavy atom. The predicted octanol–water partition coefficient (Wildman–Crippen LogP) is 1.44. The van der Waals surface area contributed by atoms with Gasteiger partial charge < -0.3 is 10.4 Å². The van der Waals surface area contributed by atoms with Gasteiger partial charge in [0, 0.05) is 6.07 Å². The molecule has 0 saturated carbocycles. The molecule has 94 valence electrons. The first-order valence-corrected chi connectivity index (χ1v) is 5.05. The molecule has 0 heterocycles. The molecule has 0 aliphatic rings. The fraction of sp³-hybridized carbons (Fsp3) is 0.250. The number of nitro benzene ring substituents is 1. The minimum atomic E-state index is -0.909. The van der Waals surface area contributed by atoms with Gasteiger partial charge in [-0.15, -0.1) is 6.42 Å².